The summed E-state index contributed by atoms with van der Waals surface area (Å²) in [6.07, 6.45) is 0.187. The summed E-state index contributed by atoms with van der Waals surface area (Å²) in [5, 5.41) is 17.1. The van der Waals surface area contributed by atoms with Crippen LogP contribution in [0.3, 0.4) is 0 Å². The lowest BCUT2D eigenvalue weighted by atomic mass is 9.96. The van der Waals surface area contributed by atoms with Crippen molar-refractivity contribution in [2.24, 2.45) is 17.4 Å². The maximum absolute atomic E-state index is 13.2. The van der Waals surface area contributed by atoms with E-state index in [2.05, 4.69) is 28.6 Å². The number of primary amides is 1. The predicted molar refractivity (Wildman–Crippen MR) is 133 cm³/mol. The van der Waals surface area contributed by atoms with Gasteiger partial charge in [-0.3, -0.25) is 19.2 Å². The monoisotopic (exact) mass is 509 g/mol. The fourth-order valence-corrected chi connectivity index (χ4v) is 3.35. The first-order valence-electron chi connectivity index (χ1n) is 11.3. The summed E-state index contributed by atoms with van der Waals surface area (Å²) in [5.41, 5.74) is 11.5. The van der Waals surface area contributed by atoms with Crippen LogP contribution >= 0.6 is 12.6 Å². The molecule has 5 atom stereocenters. The van der Waals surface area contributed by atoms with Gasteiger partial charge in [-0.25, -0.2) is 4.79 Å². The minimum Gasteiger partial charge on any atom is -0.480 e. The Bertz CT molecular complexity index is 884. The van der Waals surface area contributed by atoms with E-state index in [9.17, 15) is 29.1 Å². The summed E-state index contributed by atoms with van der Waals surface area (Å²) in [7, 11) is 0. The Morgan fingerprint density at radius 1 is 0.971 bits per heavy atom. The van der Waals surface area contributed by atoms with Gasteiger partial charge < -0.3 is 32.5 Å². The molecular weight excluding hydrogens is 474 g/mol. The van der Waals surface area contributed by atoms with Gasteiger partial charge in [-0.05, 0) is 17.9 Å². The molecule has 0 aliphatic carbocycles. The molecule has 0 heterocycles. The first kappa shape index (κ1) is 29.9. The van der Waals surface area contributed by atoms with Gasteiger partial charge in [0.25, 0.3) is 0 Å². The number of carboxylic acids is 1. The smallest absolute Gasteiger partial charge is 0.326 e. The van der Waals surface area contributed by atoms with Crippen molar-refractivity contribution in [3.63, 3.8) is 0 Å². The van der Waals surface area contributed by atoms with Crippen LogP contribution in [0.2, 0.25) is 0 Å². The molecule has 4 amide bonds. The third-order valence-electron chi connectivity index (χ3n) is 5.54. The fourth-order valence-electron chi connectivity index (χ4n) is 3.18. The highest BCUT2D eigenvalue weighted by Crippen LogP contribution is 2.11. The number of hydrogen-bond donors (Lipinski definition) is 7. The molecular formula is C23H35N5O6S. The zero-order chi connectivity index (χ0) is 26.5. The minimum atomic E-state index is -1.37. The molecule has 0 bridgehead atoms. The molecule has 0 aliphatic heterocycles. The molecule has 0 spiro atoms. The maximum atomic E-state index is 13.2. The van der Waals surface area contributed by atoms with E-state index in [-0.39, 0.29) is 30.9 Å². The second-order valence-electron chi connectivity index (χ2n) is 8.32. The second kappa shape index (κ2) is 15.0. The Labute approximate surface area is 210 Å². The molecule has 0 saturated carbocycles. The Balaban J connectivity index is 3.13. The van der Waals surface area contributed by atoms with E-state index in [0.29, 0.717) is 6.42 Å². The first-order valence-corrected chi connectivity index (χ1v) is 12.0. The van der Waals surface area contributed by atoms with E-state index >= 15 is 0 Å². The lowest BCUT2D eigenvalue weighted by molar-refractivity contribution is -0.142. The van der Waals surface area contributed by atoms with E-state index in [1.165, 1.54) is 0 Å². The summed E-state index contributed by atoms with van der Waals surface area (Å²) < 4.78 is 0. The zero-order valence-electron chi connectivity index (χ0n) is 19.9. The highest BCUT2D eigenvalue weighted by atomic mass is 32.1. The van der Waals surface area contributed by atoms with Gasteiger partial charge in [0.1, 0.15) is 18.1 Å². The summed E-state index contributed by atoms with van der Waals surface area (Å²) in [6.45, 7) is 3.62. The van der Waals surface area contributed by atoms with E-state index in [0.717, 1.165) is 5.56 Å². The van der Waals surface area contributed by atoms with Crippen molar-refractivity contribution in [1.82, 2.24) is 16.0 Å². The van der Waals surface area contributed by atoms with Gasteiger partial charge in [-0.2, -0.15) is 12.6 Å². The van der Waals surface area contributed by atoms with Crippen LogP contribution in [0, 0.1) is 5.92 Å². The first-order chi connectivity index (χ1) is 16.5. The van der Waals surface area contributed by atoms with Gasteiger partial charge in [0.05, 0.1) is 6.04 Å². The number of benzene rings is 1. The average molecular weight is 510 g/mol. The number of carbonyl (C=O) groups excluding carboxylic acids is 4. The third-order valence-corrected chi connectivity index (χ3v) is 5.93. The highest BCUT2D eigenvalue weighted by Gasteiger charge is 2.32. The molecule has 0 radical (unpaired) electrons. The topological polar surface area (TPSA) is 194 Å². The molecule has 35 heavy (non-hydrogen) atoms. The van der Waals surface area contributed by atoms with Crippen molar-refractivity contribution in [3.05, 3.63) is 35.9 Å². The summed E-state index contributed by atoms with van der Waals surface area (Å²) in [6, 6.07) is 4.42. The number of rotatable bonds is 15. The van der Waals surface area contributed by atoms with E-state index in [4.69, 9.17) is 11.5 Å². The number of amides is 4. The van der Waals surface area contributed by atoms with E-state index in [1.54, 1.807) is 37.3 Å². The SMILES string of the molecule is CCC(C)C(NC(=O)C(N)CS)C(=O)NC(Cc1ccccc1)C(=O)NC(CCC(N)=O)C(=O)O. The van der Waals surface area contributed by atoms with Crippen LogP contribution in [0.5, 0.6) is 0 Å². The molecule has 0 aliphatic rings. The quantitative estimate of drug-likeness (QED) is 0.152. The third kappa shape index (κ3) is 10.4. The largest absolute Gasteiger partial charge is 0.480 e. The Morgan fingerprint density at radius 3 is 2.09 bits per heavy atom. The van der Waals surface area contributed by atoms with Crippen LogP contribution in [-0.4, -0.2) is 64.6 Å². The average Bonchev–Trinajstić information content (AvgIpc) is 2.83. The molecule has 8 N–H and O–H groups in total. The molecule has 1 aromatic carbocycles. The van der Waals surface area contributed by atoms with Crippen LogP contribution in [0.25, 0.3) is 0 Å². The Kier molecular flexibility index (Phi) is 12.8. The number of nitrogens with two attached hydrogens (primary N) is 2. The van der Waals surface area contributed by atoms with E-state index in [1.807, 2.05) is 6.92 Å². The summed E-state index contributed by atoms with van der Waals surface area (Å²) in [4.78, 5) is 61.2. The van der Waals surface area contributed by atoms with Crippen LogP contribution in [0.15, 0.2) is 30.3 Å². The lowest BCUT2D eigenvalue weighted by Gasteiger charge is -2.28. The highest BCUT2D eigenvalue weighted by molar-refractivity contribution is 7.80. The van der Waals surface area contributed by atoms with Crippen molar-refractivity contribution >= 4 is 42.2 Å². The number of hydrogen-bond acceptors (Lipinski definition) is 7. The van der Waals surface area contributed by atoms with Crippen molar-refractivity contribution in [2.45, 2.75) is 63.7 Å². The maximum Gasteiger partial charge on any atom is 0.326 e. The summed E-state index contributed by atoms with van der Waals surface area (Å²) in [5.74, 6) is -4.15. The lowest BCUT2D eigenvalue weighted by Crippen LogP contribution is -2.59. The van der Waals surface area contributed by atoms with Crippen LogP contribution in [-0.2, 0) is 30.4 Å². The molecule has 194 valence electrons. The van der Waals surface area contributed by atoms with Gasteiger partial charge in [0.2, 0.25) is 23.6 Å². The minimum absolute atomic E-state index is 0.0674. The zero-order valence-corrected chi connectivity index (χ0v) is 20.8. The Morgan fingerprint density at radius 2 is 1.57 bits per heavy atom. The van der Waals surface area contributed by atoms with Crippen LogP contribution < -0.4 is 27.4 Å². The summed E-state index contributed by atoms with van der Waals surface area (Å²) >= 11 is 4.00. The second-order valence-corrected chi connectivity index (χ2v) is 8.68. The molecule has 0 fully saturated rings. The van der Waals surface area contributed by atoms with Gasteiger partial charge >= 0.3 is 5.97 Å². The number of carboxylic acid groups (broad SMARTS) is 1. The number of carbonyl (C=O) groups is 5. The van der Waals surface area contributed by atoms with Crippen LogP contribution in [0.4, 0.5) is 0 Å². The molecule has 11 nitrogen and oxygen atoms in total. The fraction of sp³-hybridized carbons (Fsp3) is 0.522. The molecule has 12 heteroatoms. The molecule has 5 unspecified atom stereocenters. The molecule has 1 aromatic rings. The van der Waals surface area contributed by atoms with Crippen molar-refractivity contribution in [3.8, 4) is 0 Å². The number of thiol groups is 1. The van der Waals surface area contributed by atoms with Gasteiger partial charge in [-0.1, -0.05) is 50.6 Å². The van der Waals surface area contributed by atoms with Crippen molar-refractivity contribution in [1.29, 1.82) is 0 Å². The Hall–Kier alpha value is -3.12. The molecule has 0 saturated heterocycles. The van der Waals surface area contributed by atoms with Crippen LogP contribution in [0.1, 0.15) is 38.7 Å². The molecule has 1 rings (SSSR count). The van der Waals surface area contributed by atoms with Gasteiger partial charge in [0, 0.05) is 18.6 Å². The van der Waals surface area contributed by atoms with Gasteiger partial charge in [-0.15, -0.1) is 0 Å². The predicted octanol–water partition coefficient (Wildman–Crippen LogP) is -0.663. The van der Waals surface area contributed by atoms with E-state index < -0.39 is 53.8 Å². The van der Waals surface area contributed by atoms with Crippen molar-refractivity contribution < 1.29 is 29.1 Å². The number of nitrogens with one attached hydrogen (secondary N) is 3. The number of aliphatic carboxylic acids is 1. The van der Waals surface area contributed by atoms with Gasteiger partial charge in [0.15, 0.2) is 0 Å². The standard InChI is InChI=1S/C23H35N5O6S/c1-3-13(2)19(28-20(30)15(24)12-35)22(32)27-17(11-14-7-5-4-6-8-14)21(31)26-16(23(33)34)9-10-18(25)29/h4-8,13,15-17,19,35H,3,9-12,24H2,1-2H3,(H2,25,29)(H,26,31)(H,27,32)(H,28,30)(H,33,34). The molecule has 0 aromatic heterocycles. The normalized spacial score (nSPS) is 15.1. The van der Waals surface area contributed by atoms with Crippen molar-refractivity contribution in [2.75, 3.05) is 5.75 Å².